The third-order valence-corrected chi connectivity index (χ3v) is 3.43. The lowest BCUT2D eigenvalue weighted by Gasteiger charge is -2.07. The normalized spacial score (nSPS) is 17.9. The summed E-state index contributed by atoms with van der Waals surface area (Å²) in [6.45, 7) is 1.96. The number of aromatic nitrogens is 1. The highest BCUT2D eigenvalue weighted by atomic mass is 19.1. The van der Waals surface area contributed by atoms with Gasteiger partial charge in [0.05, 0.1) is 6.61 Å². The van der Waals surface area contributed by atoms with Crippen molar-refractivity contribution in [2.24, 2.45) is 5.92 Å². The Morgan fingerprint density at radius 1 is 1.43 bits per heavy atom. The molecule has 1 aromatic heterocycles. The van der Waals surface area contributed by atoms with Crippen molar-refractivity contribution in [3.8, 4) is 11.3 Å². The minimum atomic E-state index is -0.359. The molecule has 0 aliphatic carbocycles. The van der Waals surface area contributed by atoms with Gasteiger partial charge >= 0.3 is 0 Å². The third kappa shape index (κ3) is 3.28. The van der Waals surface area contributed by atoms with E-state index in [1.54, 1.807) is 12.1 Å². The summed E-state index contributed by atoms with van der Waals surface area (Å²) < 4.78 is 23.4. The molecule has 1 aliphatic heterocycles. The molecule has 6 heteroatoms. The number of ether oxygens (including phenoxy) is 1. The lowest BCUT2D eigenvalue weighted by Crippen LogP contribution is -2.29. The van der Waals surface area contributed by atoms with Gasteiger partial charge in [0, 0.05) is 30.7 Å². The first-order valence-electron chi connectivity index (χ1n) is 6.81. The average Bonchev–Trinajstić information content (AvgIpc) is 3.16. The van der Waals surface area contributed by atoms with Gasteiger partial charge in [-0.1, -0.05) is 17.3 Å². The molecule has 1 amide bonds. The van der Waals surface area contributed by atoms with Crippen LogP contribution in [-0.2, 0) is 4.74 Å². The molecule has 110 valence electrons. The largest absolute Gasteiger partial charge is 0.381 e. The first kappa shape index (κ1) is 13.8. The van der Waals surface area contributed by atoms with E-state index in [1.807, 2.05) is 0 Å². The van der Waals surface area contributed by atoms with E-state index in [-0.39, 0.29) is 17.5 Å². The molecule has 1 atom stereocenters. The van der Waals surface area contributed by atoms with Crippen molar-refractivity contribution in [3.63, 3.8) is 0 Å². The second-order valence-corrected chi connectivity index (χ2v) is 5.03. The maximum atomic E-state index is 13.2. The van der Waals surface area contributed by atoms with Crippen LogP contribution in [0.4, 0.5) is 4.39 Å². The Morgan fingerprint density at radius 3 is 3.10 bits per heavy atom. The molecule has 0 unspecified atom stereocenters. The molecule has 0 radical (unpaired) electrons. The number of nitrogens with zero attached hydrogens (tertiary/aromatic N) is 1. The first-order valence-corrected chi connectivity index (χ1v) is 6.81. The number of carbonyl (C=O) groups excluding carboxylic acids is 1. The van der Waals surface area contributed by atoms with Crippen molar-refractivity contribution in [2.45, 2.75) is 6.42 Å². The van der Waals surface area contributed by atoms with Gasteiger partial charge in [0.25, 0.3) is 5.91 Å². The second-order valence-electron chi connectivity index (χ2n) is 5.03. The summed E-state index contributed by atoms with van der Waals surface area (Å²) >= 11 is 0. The Morgan fingerprint density at radius 2 is 2.33 bits per heavy atom. The predicted octanol–water partition coefficient (Wildman–Crippen LogP) is 2.25. The Kier molecular flexibility index (Phi) is 3.96. The number of nitrogens with one attached hydrogen (secondary N) is 1. The third-order valence-electron chi connectivity index (χ3n) is 3.43. The van der Waals surface area contributed by atoms with Gasteiger partial charge < -0.3 is 14.6 Å². The van der Waals surface area contributed by atoms with Gasteiger partial charge in [-0.25, -0.2) is 4.39 Å². The molecule has 0 saturated carbocycles. The average molecular weight is 290 g/mol. The SMILES string of the molecule is O=C(NC[C@H]1CCOC1)c1cc(-c2cccc(F)c2)no1. The summed E-state index contributed by atoms with van der Waals surface area (Å²) in [7, 11) is 0. The smallest absolute Gasteiger partial charge is 0.289 e. The molecule has 2 aromatic rings. The van der Waals surface area contributed by atoms with Crippen LogP contribution in [0.25, 0.3) is 11.3 Å². The van der Waals surface area contributed by atoms with Crippen LogP contribution < -0.4 is 5.32 Å². The lowest BCUT2D eigenvalue weighted by molar-refractivity contribution is 0.0908. The fourth-order valence-electron chi connectivity index (χ4n) is 2.23. The molecular formula is C15H15FN2O3. The van der Waals surface area contributed by atoms with Crippen LogP contribution in [-0.4, -0.2) is 30.8 Å². The van der Waals surface area contributed by atoms with Crippen LogP contribution >= 0.6 is 0 Å². The monoisotopic (exact) mass is 290 g/mol. The van der Waals surface area contributed by atoms with Crippen molar-refractivity contribution in [1.82, 2.24) is 10.5 Å². The zero-order chi connectivity index (χ0) is 14.7. The molecular weight excluding hydrogens is 275 g/mol. The van der Waals surface area contributed by atoms with Crippen LogP contribution in [0.15, 0.2) is 34.9 Å². The predicted molar refractivity (Wildman–Crippen MR) is 73.2 cm³/mol. The highest BCUT2D eigenvalue weighted by molar-refractivity contribution is 5.92. The fourth-order valence-corrected chi connectivity index (χ4v) is 2.23. The van der Waals surface area contributed by atoms with Crippen LogP contribution in [0.2, 0.25) is 0 Å². The number of amides is 1. The standard InChI is InChI=1S/C15H15FN2O3/c16-12-3-1-2-11(6-12)13-7-14(21-18-13)15(19)17-8-10-4-5-20-9-10/h1-3,6-7,10H,4-5,8-9H2,(H,17,19)/t10-/m1/s1. The topological polar surface area (TPSA) is 64.4 Å². The number of carbonyl (C=O) groups is 1. The fraction of sp³-hybridized carbons (Fsp3) is 0.333. The van der Waals surface area contributed by atoms with Crippen LogP contribution in [0.5, 0.6) is 0 Å². The second kappa shape index (κ2) is 6.05. The van der Waals surface area contributed by atoms with E-state index >= 15 is 0 Å². The minimum Gasteiger partial charge on any atom is -0.381 e. The summed E-state index contributed by atoms with van der Waals surface area (Å²) in [6.07, 6.45) is 0.950. The van der Waals surface area contributed by atoms with Crippen molar-refractivity contribution in [1.29, 1.82) is 0 Å². The Labute approximate surface area is 121 Å². The quantitative estimate of drug-likeness (QED) is 0.938. The zero-order valence-corrected chi connectivity index (χ0v) is 11.3. The summed E-state index contributed by atoms with van der Waals surface area (Å²) in [5.41, 5.74) is 1.01. The van der Waals surface area contributed by atoms with Crippen molar-refractivity contribution < 1.29 is 18.4 Å². The molecule has 21 heavy (non-hydrogen) atoms. The van der Waals surface area contributed by atoms with E-state index in [0.29, 0.717) is 30.3 Å². The molecule has 1 fully saturated rings. The number of hydrogen-bond acceptors (Lipinski definition) is 4. The molecule has 0 spiro atoms. The van der Waals surface area contributed by atoms with Gasteiger partial charge in [0.2, 0.25) is 5.76 Å². The molecule has 1 aliphatic rings. The number of benzene rings is 1. The van der Waals surface area contributed by atoms with Gasteiger partial charge in [-0.3, -0.25) is 4.79 Å². The Balaban J connectivity index is 1.65. The summed E-state index contributed by atoms with van der Waals surface area (Å²) in [5, 5.41) is 6.59. The summed E-state index contributed by atoms with van der Waals surface area (Å²) in [5.74, 6) is -0.215. The van der Waals surface area contributed by atoms with Gasteiger partial charge in [0.1, 0.15) is 11.5 Å². The maximum Gasteiger partial charge on any atom is 0.289 e. The molecule has 2 heterocycles. The van der Waals surface area contributed by atoms with E-state index in [2.05, 4.69) is 10.5 Å². The van der Waals surface area contributed by atoms with E-state index in [9.17, 15) is 9.18 Å². The molecule has 1 N–H and O–H groups in total. The van der Waals surface area contributed by atoms with Crippen molar-refractivity contribution >= 4 is 5.91 Å². The molecule has 3 rings (SSSR count). The number of halogens is 1. The van der Waals surface area contributed by atoms with Crippen LogP contribution in [0.3, 0.4) is 0 Å². The maximum absolute atomic E-state index is 13.2. The van der Waals surface area contributed by atoms with E-state index in [1.165, 1.54) is 18.2 Å². The minimum absolute atomic E-state index is 0.119. The van der Waals surface area contributed by atoms with Gasteiger partial charge in [0.15, 0.2) is 0 Å². The van der Waals surface area contributed by atoms with Crippen molar-refractivity contribution in [3.05, 3.63) is 41.9 Å². The molecule has 0 bridgehead atoms. The van der Waals surface area contributed by atoms with E-state index in [0.717, 1.165) is 13.0 Å². The molecule has 1 aromatic carbocycles. The zero-order valence-electron chi connectivity index (χ0n) is 11.3. The summed E-state index contributed by atoms with van der Waals surface area (Å²) in [4.78, 5) is 12.0. The van der Waals surface area contributed by atoms with Crippen LogP contribution in [0.1, 0.15) is 17.0 Å². The van der Waals surface area contributed by atoms with E-state index in [4.69, 9.17) is 9.26 Å². The highest BCUT2D eigenvalue weighted by Crippen LogP contribution is 2.20. The van der Waals surface area contributed by atoms with Gasteiger partial charge in [-0.15, -0.1) is 0 Å². The van der Waals surface area contributed by atoms with Gasteiger partial charge in [-0.05, 0) is 18.6 Å². The van der Waals surface area contributed by atoms with Crippen LogP contribution in [0, 0.1) is 11.7 Å². The lowest BCUT2D eigenvalue weighted by atomic mass is 10.1. The Bertz CT molecular complexity index is 635. The number of hydrogen-bond donors (Lipinski definition) is 1. The first-order chi connectivity index (χ1) is 10.2. The highest BCUT2D eigenvalue weighted by Gasteiger charge is 2.19. The Hall–Kier alpha value is -2.21. The molecule has 5 nitrogen and oxygen atoms in total. The number of rotatable bonds is 4. The van der Waals surface area contributed by atoms with Gasteiger partial charge in [-0.2, -0.15) is 0 Å². The summed E-state index contributed by atoms with van der Waals surface area (Å²) in [6, 6.07) is 7.49. The molecule has 1 saturated heterocycles. The van der Waals surface area contributed by atoms with E-state index < -0.39 is 0 Å². The van der Waals surface area contributed by atoms with Crippen molar-refractivity contribution in [2.75, 3.05) is 19.8 Å².